The Hall–Kier alpha value is -0.570. The second kappa shape index (κ2) is 6.55. The molecule has 3 nitrogen and oxygen atoms in total. The summed E-state index contributed by atoms with van der Waals surface area (Å²) in [4.78, 5) is 14.2. The lowest BCUT2D eigenvalue weighted by Crippen LogP contribution is -2.44. The highest BCUT2D eigenvalue weighted by atomic mass is 16.2. The minimum atomic E-state index is 0.0942. The van der Waals surface area contributed by atoms with E-state index in [2.05, 4.69) is 33.0 Å². The van der Waals surface area contributed by atoms with E-state index in [9.17, 15) is 4.79 Å². The molecule has 0 aromatic heterocycles. The van der Waals surface area contributed by atoms with Gasteiger partial charge in [0.15, 0.2) is 0 Å². The lowest BCUT2D eigenvalue weighted by Gasteiger charge is -2.36. The highest BCUT2D eigenvalue weighted by Crippen LogP contribution is 2.27. The molecule has 0 aromatic carbocycles. The summed E-state index contributed by atoms with van der Waals surface area (Å²) in [7, 11) is 1.98. The number of rotatable bonds is 4. The van der Waals surface area contributed by atoms with Gasteiger partial charge < -0.3 is 10.2 Å². The smallest absolute Gasteiger partial charge is 0.223 e. The van der Waals surface area contributed by atoms with E-state index in [1.807, 2.05) is 11.9 Å². The first-order valence-corrected chi connectivity index (χ1v) is 7.32. The summed E-state index contributed by atoms with van der Waals surface area (Å²) in [5, 5.41) is 3.37. The van der Waals surface area contributed by atoms with Crippen molar-refractivity contribution in [3.63, 3.8) is 0 Å². The zero-order chi connectivity index (χ0) is 13.8. The van der Waals surface area contributed by atoms with Crippen LogP contribution >= 0.6 is 0 Å². The van der Waals surface area contributed by atoms with E-state index in [0.29, 0.717) is 18.4 Å². The fourth-order valence-electron chi connectivity index (χ4n) is 2.78. The van der Waals surface area contributed by atoms with Gasteiger partial charge in [-0.2, -0.15) is 0 Å². The first-order chi connectivity index (χ1) is 8.31. The summed E-state index contributed by atoms with van der Waals surface area (Å²) in [6, 6.07) is 0.459. The predicted octanol–water partition coefficient (Wildman–Crippen LogP) is 2.80. The lowest BCUT2D eigenvalue weighted by atomic mass is 9.85. The summed E-state index contributed by atoms with van der Waals surface area (Å²) in [5.41, 5.74) is 0.0942. The van der Waals surface area contributed by atoms with Crippen LogP contribution in [0.25, 0.3) is 0 Å². The predicted molar refractivity (Wildman–Crippen MR) is 76.6 cm³/mol. The first-order valence-electron chi connectivity index (χ1n) is 7.32. The van der Waals surface area contributed by atoms with Crippen molar-refractivity contribution in [1.82, 2.24) is 10.2 Å². The molecule has 2 atom stereocenters. The molecule has 0 bridgehead atoms. The van der Waals surface area contributed by atoms with Crippen LogP contribution in [0, 0.1) is 5.92 Å². The van der Waals surface area contributed by atoms with Crippen molar-refractivity contribution >= 4 is 5.91 Å². The molecule has 0 saturated heterocycles. The zero-order valence-electron chi connectivity index (χ0n) is 12.8. The number of nitrogens with one attached hydrogen (secondary N) is 1. The molecule has 2 unspecified atom stereocenters. The fraction of sp³-hybridized carbons (Fsp3) is 0.933. The van der Waals surface area contributed by atoms with Gasteiger partial charge in [0.05, 0.1) is 0 Å². The van der Waals surface area contributed by atoms with E-state index >= 15 is 0 Å². The maximum Gasteiger partial charge on any atom is 0.223 e. The summed E-state index contributed by atoms with van der Waals surface area (Å²) in [5.74, 6) is 0.939. The number of carbonyl (C=O) groups excluding carboxylic acids is 1. The highest BCUT2D eigenvalue weighted by molar-refractivity contribution is 5.76. The molecular formula is C15H30N2O. The van der Waals surface area contributed by atoms with Gasteiger partial charge in [-0.1, -0.05) is 19.8 Å². The van der Waals surface area contributed by atoms with Gasteiger partial charge >= 0.3 is 0 Å². The standard InChI is InChI=1S/C15H30N2O/c1-12-8-6-7-9-13(12)17(5)14(18)10-11-16-15(2,3)4/h12-13,16H,6-11H2,1-5H3. The monoisotopic (exact) mass is 254 g/mol. The Bertz CT molecular complexity index is 270. The molecule has 1 aliphatic rings. The molecule has 1 rings (SSSR count). The molecule has 0 aliphatic heterocycles. The average Bonchev–Trinajstić information content (AvgIpc) is 2.27. The molecular weight excluding hydrogens is 224 g/mol. The number of hydrogen-bond acceptors (Lipinski definition) is 2. The second-order valence-electron chi connectivity index (χ2n) is 6.76. The van der Waals surface area contributed by atoms with Gasteiger partial charge in [0.25, 0.3) is 0 Å². The molecule has 0 spiro atoms. The van der Waals surface area contributed by atoms with Crippen LogP contribution in [-0.2, 0) is 4.79 Å². The average molecular weight is 254 g/mol. The van der Waals surface area contributed by atoms with Crippen LogP contribution in [0.4, 0.5) is 0 Å². The Morgan fingerprint density at radius 3 is 2.44 bits per heavy atom. The first kappa shape index (κ1) is 15.5. The van der Waals surface area contributed by atoms with Gasteiger partial charge in [-0.15, -0.1) is 0 Å². The molecule has 0 heterocycles. The third-order valence-corrected chi connectivity index (χ3v) is 3.95. The van der Waals surface area contributed by atoms with Crippen LogP contribution in [0.2, 0.25) is 0 Å². The van der Waals surface area contributed by atoms with Crippen molar-refractivity contribution in [2.45, 2.75) is 71.4 Å². The van der Waals surface area contributed by atoms with Gasteiger partial charge in [-0.3, -0.25) is 4.79 Å². The van der Waals surface area contributed by atoms with E-state index < -0.39 is 0 Å². The Labute approximate surface area is 112 Å². The third kappa shape index (κ3) is 4.97. The second-order valence-corrected chi connectivity index (χ2v) is 6.76. The Balaban J connectivity index is 2.36. The Morgan fingerprint density at radius 1 is 1.28 bits per heavy atom. The van der Waals surface area contributed by atoms with Gasteiger partial charge in [0, 0.05) is 31.6 Å². The van der Waals surface area contributed by atoms with E-state index in [1.165, 1.54) is 25.7 Å². The summed E-state index contributed by atoms with van der Waals surface area (Å²) >= 11 is 0. The molecule has 3 heteroatoms. The number of nitrogens with zero attached hydrogens (tertiary/aromatic N) is 1. The summed E-state index contributed by atoms with van der Waals surface area (Å²) in [6.45, 7) is 9.44. The maximum atomic E-state index is 12.2. The molecule has 1 saturated carbocycles. The highest BCUT2D eigenvalue weighted by Gasteiger charge is 2.27. The van der Waals surface area contributed by atoms with Crippen molar-refractivity contribution in [2.24, 2.45) is 5.92 Å². The number of amides is 1. The van der Waals surface area contributed by atoms with Crippen LogP contribution in [0.5, 0.6) is 0 Å². The Morgan fingerprint density at radius 2 is 1.89 bits per heavy atom. The van der Waals surface area contributed by atoms with Crippen molar-refractivity contribution in [3.8, 4) is 0 Å². The maximum absolute atomic E-state index is 12.2. The molecule has 1 aliphatic carbocycles. The molecule has 106 valence electrons. The number of carbonyl (C=O) groups is 1. The molecule has 1 amide bonds. The van der Waals surface area contributed by atoms with E-state index in [0.717, 1.165) is 6.54 Å². The van der Waals surface area contributed by atoms with Crippen LogP contribution in [0.15, 0.2) is 0 Å². The normalized spacial score (nSPS) is 24.9. The van der Waals surface area contributed by atoms with Crippen LogP contribution < -0.4 is 5.32 Å². The van der Waals surface area contributed by atoms with Gasteiger partial charge in [-0.25, -0.2) is 0 Å². The molecule has 1 N–H and O–H groups in total. The fourth-order valence-corrected chi connectivity index (χ4v) is 2.78. The van der Waals surface area contributed by atoms with Crippen molar-refractivity contribution in [2.75, 3.05) is 13.6 Å². The quantitative estimate of drug-likeness (QED) is 0.836. The topological polar surface area (TPSA) is 32.3 Å². The summed E-state index contributed by atoms with van der Waals surface area (Å²) in [6.07, 6.45) is 5.65. The summed E-state index contributed by atoms with van der Waals surface area (Å²) < 4.78 is 0. The lowest BCUT2D eigenvalue weighted by molar-refractivity contribution is -0.133. The Kier molecular flexibility index (Phi) is 5.64. The molecule has 1 fully saturated rings. The minimum absolute atomic E-state index is 0.0942. The molecule has 18 heavy (non-hydrogen) atoms. The van der Waals surface area contributed by atoms with Crippen LogP contribution in [0.1, 0.15) is 59.8 Å². The molecule has 0 radical (unpaired) electrons. The zero-order valence-corrected chi connectivity index (χ0v) is 12.8. The van der Waals surface area contributed by atoms with Crippen molar-refractivity contribution in [1.29, 1.82) is 0 Å². The number of hydrogen-bond donors (Lipinski definition) is 1. The SMILES string of the molecule is CC1CCCCC1N(C)C(=O)CCNC(C)(C)C. The van der Waals surface area contributed by atoms with Crippen LogP contribution in [0.3, 0.4) is 0 Å². The van der Waals surface area contributed by atoms with E-state index in [-0.39, 0.29) is 11.4 Å². The van der Waals surface area contributed by atoms with Gasteiger partial charge in [0.2, 0.25) is 5.91 Å². The third-order valence-electron chi connectivity index (χ3n) is 3.95. The van der Waals surface area contributed by atoms with Gasteiger partial charge in [0.1, 0.15) is 0 Å². The minimum Gasteiger partial charge on any atom is -0.342 e. The van der Waals surface area contributed by atoms with Crippen LogP contribution in [-0.4, -0.2) is 36.0 Å². The van der Waals surface area contributed by atoms with E-state index in [4.69, 9.17) is 0 Å². The largest absolute Gasteiger partial charge is 0.342 e. The van der Waals surface area contributed by atoms with Gasteiger partial charge in [-0.05, 0) is 39.5 Å². The van der Waals surface area contributed by atoms with E-state index in [1.54, 1.807) is 0 Å². The van der Waals surface area contributed by atoms with Crippen molar-refractivity contribution in [3.05, 3.63) is 0 Å². The molecule has 0 aromatic rings. The van der Waals surface area contributed by atoms with Crippen molar-refractivity contribution < 1.29 is 4.79 Å².